The Hall–Kier alpha value is -2.45. The lowest BCUT2D eigenvalue weighted by atomic mass is 10.1. The third kappa shape index (κ3) is 3.64. The quantitative estimate of drug-likeness (QED) is 0.850. The summed E-state index contributed by atoms with van der Waals surface area (Å²) >= 11 is 0. The van der Waals surface area contributed by atoms with E-state index in [0.717, 1.165) is 0 Å². The zero-order valence-corrected chi connectivity index (χ0v) is 14.2. The number of amides is 1. The van der Waals surface area contributed by atoms with Crippen LogP contribution in [0.2, 0.25) is 0 Å². The van der Waals surface area contributed by atoms with E-state index in [9.17, 15) is 17.6 Å². The molecule has 1 saturated carbocycles. The van der Waals surface area contributed by atoms with Gasteiger partial charge in [-0.15, -0.1) is 0 Å². The molecular formula is C17H17FN2O4S. The Morgan fingerprint density at radius 1 is 1.28 bits per heavy atom. The van der Waals surface area contributed by atoms with Crippen LogP contribution in [0.3, 0.4) is 0 Å². The Bertz CT molecular complexity index is 930. The van der Waals surface area contributed by atoms with Crippen LogP contribution in [-0.2, 0) is 14.8 Å². The summed E-state index contributed by atoms with van der Waals surface area (Å²) in [5.74, 6) is -0.910. The monoisotopic (exact) mass is 364 g/mol. The number of nitrogens with one attached hydrogen (secondary N) is 1. The van der Waals surface area contributed by atoms with Gasteiger partial charge in [-0.1, -0.05) is 18.2 Å². The molecule has 1 aliphatic carbocycles. The Balaban J connectivity index is 1.79. The average molecular weight is 364 g/mol. The van der Waals surface area contributed by atoms with Crippen LogP contribution in [0.4, 0.5) is 10.1 Å². The van der Waals surface area contributed by atoms with Crippen molar-refractivity contribution in [2.75, 3.05) is 12.4 Å². The van der Waals surface area contributed by atoms with Crippen LogP contribution >= 0.6 is 0 Å². The van der Waals surface area contributed by atoms with Crippen molar-refractivity contribution in [2.24, 2.45) is 11.1 Å². The third-order valence-electron chi connectivity index (χ3n) is 4.19. The van der Waals surface area contributed by atoms with E-state index >= 15 is 0 Å². The fraction of sp³-hybridized carbons (Fsp3) is 0.235. The minimum atomic E-state index is -3.91. The smallest absolute Gasteiger partial charge is 0.238 e. The van der Waals surface area contributed by atoms with Gasteiger partial charge < -0.3 is 10.1 Å². The number of hydrogen-bond acceptors (Lipinski definition) is 4. The van der Waals surface area contributed by atoms with Gasteiger partial charge in [0.1, 0.15) is 11.6 Å². The number of anilines is 1. The minimum absolute atomic E-state index is 0.134. The highest BCUT2D eigenvalue weighted by Crippen LogP contribution is 2.49. The largest absolute Gasteiger partial charge is 0.495 e. The number of hydrogen-bond donors (Lipinski definition) is 2. The van der Waals surface area contributed by atoms with Gasteiger partial charge in [0, 0.05) is 5.92 Å². The number of nitrogens with two attached hydrogens (primary N) is 1. The molecular weight excluding hydrogens is 347 g/mol. The third-order valence-corrected chi connectivity index (χ3v) is 5.10. The van der Waals surface area contributed by atoms with Gasteiger partial charge in [0.15, 0.2) is 0 Å². The first-order valence-corrected chi connectivity index (χ1v) is 9.12. The maximum absolute atomic E-state index is 13.8. The zero-order valence-electron chi connectivity index (χ0n) is 13.4. The van der Waals surface area contributed by atoms with E-state index in [4.69, 9.17) is 9.88 Å². The van der Waals surface area contributed by atoms with Gasteiger partial charge in [-0.3, -0.25) is 4.79 Å². The molecule has 0 saturated heterocycles. The van der Waals surface area contributed by atoms with Crippen molar-refractivity contribution in [3.05, 3.63) is 53.8 Å². The van der Waals surface area contributed by atoms with Crippen LogP contribution in [-0.4, -0.2) is 21.4 Å². The molecule has 0 aromatic heterocycles. The molecule has 1 amide bonds. The molecule has 2 atom stereocenters. The summed E-state index contributed by atoms with van der Waals surface area (Å²) in [5.41, 5.74) is 0.714. The van der Waals surface area contributed by atoms with E-state index in [0.29, 0.717) is 17.7 Å². The summed E-state index contributed by atoms with van der Waals surface area (Å²) < 4.78 is 41.9. The lowest BCUT2D eigenvalue weighted by Crippen LogP contribution is -2.17. The summed E-state index contributed by atoms with van der Waals surface area (Å²) in [6.07, 6.45) is 0.532. The summed E-state index contributed by atoms with van der Waals surface area (Å²) in [4.78, 5) is 12.3. The predicted molar refractivity (Wildman–Crippen MR) is 90.2 cm³/mol. The van der Waals surface area contributed by atoms with Crippen molar-refractivity contribution in [3.8, 4) is 5.75 Å². The van der Waals surface area contributed by atoms with Gasteiger partial charge in [0.25, 0.3) is 0 Å². The second-order valence-corrected chi connectivity index (χ2v) is 7.43. The summed E-state index contributed by atoms with van der Waals surface area (Å²) in [7, 11) is -2.50. The molecule has 1 aliphatic rings. The van der Waals surface area contributed by atoms with Gasteiger partial charge in [-0.2, -0.15) is 0 Å². The second kappa shape index (κ2) is 6.45. The number of ether oxygens (including phenoxy) is 1. The van der Waals surface area contributed by atoms with Crippen LogP contribution in [0.25, 0.3) is 0 Å². The number of sulfonamides is 1. The van der Waals surface area contributed by atoms with E-state index in [1.54, 1.807) is 18.2 Å². The average Bonchev–Trinajstić information content (AvgIpc) is 3.35. The van der Waals surface area contributed by atoms with E-state index in [2.05, 4.69) is 5.32 Å². The fourth-order valence-electron chi connectivity index (χ4n) is 2.79. The van der Waals surface area contributed by atoms with Crippen LogP contribution in [0.5, 0.6) is 5.75 Å². The molecule has 3 N–H and O–H groups in total. The summed E-state index contributed by atoms with van der Waals surface area (Å²) in [6, 6.07) is 10.3. The second-order valence-electron chi connectivity index (χ2n) is 5.87. The molecule has 3 rings (SSSR count). The molecule has 0 heterocycles. The van der Waals surface area contributed by atoms with Crippen molar-refractivity contribution in [1.29, 1.82) is 0 Å². The van der Waals surface area contributed by atoms with Gasteiger partial charge >= 0.3 is 0 Å². The maximum atomic E-state index is 13.8. The number of primary sulfonamides is 1. The summed E-state index contributed by atoms with van der Waals surface area (Å²) in [6.45, 7) is 0. The van der Waals surface area contributed by atoms with Crippen LogP contribution < -0.4 is 15.2 Å². The van der Waals surface area contributed by atoms with Crippen molar-refractivity contribution in [2.45, 2.75) is 17.2 Å². The zero-order chi connectivity index (χ0) is 18.2. The first-order valence-electron chi connectivity index (χ1n) is 7.57. The summed E-state index contributed by atoms with van der Waals surface area (Å²) in [5, 5.41) is 7.76. The highest BCUT2D eigenvalue weighted by atomic mass is 32.2. The van der Waals surface area contributed by atoms with Crippen LogP contribution in [0.1, 0.15) is 17.9 Å². The molecule has 6 nitrogen and oxygen atoms in total. The van der Waals surface area contributed by atoms with E-state index < -0.39 is 10.0 Å². The van der Waals surface area contributed by atoms with E-state index in [-0.39, 0.29) is 34.1 Å². The number of carbonyl (C=O) groups excluding carboxylic acids is 1. The van der Waals surface area contributed by atoms with Crippen molar-refractivity contribution in [1.82, 2.24) is 0 Å². The van der Waals surface area contributed by atoms with Gasteiger partial charge in [0.2, 0.25) is 15.9 Å². The van der Waals surface area contributed by atoms with Crippen LogP contribution in [0, 0.1) is 11.7 Å². The Kier molecular flexibility index (Phi) is 4.49. The minimum Gasteiger partial charge on any atom is -0.495 e. The standard InChI is InChI=1S/C17H17FN2O4S/c1-24-16-7-6-10(25(19,22)23)8-15(16)20-17(21)13-9-12(13)11-4-2-3-5-14(11)18/h2-8,12-13H,9H2,1H3,(H,20,21)(H2,19,22,23). The SMILES string of the molecule is COc1ccc(S(N)(=O)=O)cc1NC(=O)C1CC1c1ccccc1F. The predicted octanol–water partition coefficient (Wildman–Crippen LogP) is 2.22. The number of rotatable bonds is 5. The first kappa shape index (κ1) is 17.4. The number of carbonyl (C=O) groups is 1. The number of halogens is 1. The molecule has 25 heavy (non-hydrogen) atoms. The normalized spacial score (nSPS) is 19.3. The highest BCUT2D eigenvalue weighted by Gasteiger charge is 2.45. The fourth-order valence-corrected chi connectivity index (χ4v) is 3.33. The van der Waals surface area contributed by atoms with Crippen molar-refractivity contribution >= 4 is 21.6 Å². The Labute approximate surface area is 144 Å². The van der Waals surface area contributed by atoms with Gasteiger partial charge in [-0.05, 0) is 42.2 Å². The molecule has 0 radical (unpaired) electrons. The Morgan fingerprint density at radius 3 is 2.64 bits per heavy atom. The number of methoxy groups -OCH3 is 1. The lowest BCUT2D eigenvalue weighted by Gasteiger charge is -2.11. The van der Waals surface area contributed by atoms with Crippen molar-refractivity contribution in [3.63, 3.8) is 0 Å². The molecule has 1 fully saturated rings. The topological polar surface area (TPSA) is 98.5 Å². The highest BCUT2D eigenvalue weighted by molar-refractivity contribution is 7.89. The first-order chi connectivity index (χ1) is 11.8. The molecule has 2 unspecified atom stereocenters. The molecule has 8 heteroatoms. The molecule has 2 aromatic rings. The van der Waals surface area contributed by atoms with Crippen LogP contribution in [0.15, 0.2) is 47.4 Å². The molecule has 2 aromatic carbocycles. The Morgan fingerprint density at radius 2 is 2.00 bits per heavy atom. The maximum Gasteiger partial charge on any atom is 0.238 e. The molecule has 0 spiro atoms. The lowest BCUT2D eigenvalue weighted by molar-refractivity contribution is -0.117. The number of benzene rings is 2. The van der Waals surface area contributed by atoms with E-state index in [1.807, 2.05) is 0 Å². The molecule has 0 aliphatic heterocycles. The van der Waals surface area contributed by atoms with E-state index in [1.165, 1.54) is 31.4 Å². The molecule has 132 valence electrons. The van der Waals surface area contributed by atoms with Gasteiger partial charge in [-0.25, -0.2) is 17.9 Å². The van der Waals surface area contributed by atoms with Crippen molar-refractivity contribution < 1.29 is 22.3 Å². The molecule has 0 bridgehead atoms. The van der Waals surface area contributed by atoms with Gasteiger partial charge in [0.05, 0.1) is 17.7 Å².